The van der Waals surface area contributed by atoms with E-state index in [9.17, 15) is 13.2 Å². The number of halogens is 1. The first-order chi connectivity index (χ1) is 13.9. The predicted octanol–water partition coefficient (Wildman–Crippen LogP) is 2.51. The number of likely N-dealkylation sites (N-methyl/N-ethyl adjacent to an activating group) is 1. The Kier molecular flexibility index (Phi) is 7.13. The third-order valence-electron chi connectivity index (χ3n) is 4.56. The van der Waals surface area contributed by atoms with Crippen LogP contribution in [0.2, 0.25) is 5.02 Å². The van der Waals surface area contributed by atoms with Crippen molar-refractivity contribution in [3.05, 3.63) is 59.1 Å². The second-order valence-electron chi connectivity index (χ2n) is 6.55. The molecule has 0 radical (unpaired) electrons. The summed E-state index contributed by atoms with van der Waals surface area (Å²) in [6, 6.07) is 13.2. The van der Waals surface area contributed by atoms with Gasteiger partial charge in [0.05, 0.1) is 29.7 Å². The van der Waals surface area contributed by atoms with Gasteiger partial charge in [0.25, 0.3) is 5.91 Å². The number of amides is 1. The Morgan fingerprint density at radius 3 is 2.62 bits per heavy atom. The van der Waals surface area contributed by atoms with Crippen LogP contribution in [0.25, 0.3) is 0 Å². The van der Waals surface area contributed by atoms with Gasteiger partial charge < -0.3 is 14.4 Å². The standard InChI is InChI=1S/C20H23ClN2O5S/c1-22(9-14-28-19-8-3-2-7-18(19)21)20(24)16-5-4-6-17(15-16)29(25,26)23-10-12-27-13-11-23/h2-8,15H,9-14H2,1H3. The van der Waals surface area contributed by atoms with E-state index in [0.29, 0.717) is 49.2 Å². The maximum absolute atomic E-state index is 12.8. The number of benzene rings is 2. The van der Waals surface area contributed by atoms with Crippen LogP contribution in [0.1, 0.15) is 10.4 Å². The summed E-state index contributed by atoms with van der Waals surface area (Å²) in [4.78, 5) is 14.3. The molecule has 0 N–H and O–H groups in total. The van der Waals surface area contributed by atoms with Gasteiger partial charge in [0.1, 0.15) is 12.4 Å². The van der Waals surface area contributed by atoms with Crippen molar-refractivity contribution in [3.63, 3.8) is 0 Å². The van der Waals surface area contributed by atoms with E-state index in [4.69, 9.17) is 21.1 Å². The zero-order valence-corrected chi connectivity index (χ0v) is 17.7. The lowest BCUT2D eigenvalue weighted by Gasteiger charge is -2.26. The summed E-state index contributed by atoms with van der Waals surface area (Å²) in [6.07, 6.45) is 0. The third kappa shape index (κ3) is 5.27. The first kappa shape index (κ1) is 21.6. The molecule has 1 amide bonds. The molecule has 0 spiro atoms. The second kappa shape index (κ2) is 9.58. The molecule has 0 unspecified atom stereocenters. The highest BCUT2D eigenvalue weighted by Crippen LogP contribution is 2.23. The van der Waals surface area contributed by atoms with Crippen molar-refractivity contribution in [2.75, 3.05) is 46.5 Å². The van der Waals surface area contributed by atoms with Crippen molar-refractivity contribution >= 4 is 27.5 Å². The van der Waals surface area contributed by atoms with Crippen LogP contribution in [0, 0.1) is 0 Å². The minimum atomic E-state index is -3.66. The van der Waals surface area contributed by atoms with E-state index in [1.807, 2.05) is 12.1 Å². The minimum absolute atomic E-state index is 0.103. The normalized spacial score (nSPS) is 15.1. The molecule has 0 aliphatic carbocycles. The van der Waals surface area contributed by atoms with E-state index >= 15 is 0 Å². The van der Waals surface area contributed by atoms with E-state index in [-0.39, 0.29) is 17.4 Å². The average molecular weight is 439 g/mol. The van der Waals surface area contributed by atoms with Gasteiger partial charge in [0.15, 0.2) is 0 Å². The molecule has 29 heavy (non-hydrogen) atoms. The Morgan fingerprint density at radius 1 is 1.17 bits per heavy atom. The maximum atomic E-state index is 12.8. The molecule has 0 atom stereocenters. The van der Waals surface area contributed by atoms with E-state index in [1.54, 1.807) is 31.3 Å². The molecule has 1 aliphatic rings. The van der Waals surface area contributed by atoms with Crippen molar-refractivity contribution in [3.8, 4) is 5.75 Å². The molecule has 156 valence electrons. The Hall–Kier alpha value is -2.13. The van der Waals surface area contributed by atoms with Crippen LogP contribution in [0.3, 0.4) is 0 Å². The Bertz CT molecular complexity index is 961. The van der Waals surface area contributed by atoms with Crippen LogP contribution >= 0.6 is 11.6 Å². The lowest BCUT2D eigenvalue weighted by atomic mass is 10.2. The van der Waals surface area contributed by atoms with Crippen molar-refractivity contribution < 1.29 is 22.7 Å². The predicted molar refractivity (Wildman–Crippen MR) is 110 cm³/mol. The summed E-state index contributed by atoms with van der Waals surface area (Å²) < 4.78 is 37.8. The topological polar surface area (TPSA) is 76.2 Å². The zero-order chi connectivity index (χ0) is 20.9. The zero-order valence-electron chi connectivity index (χ0n) is 16.1. The Balaban J connectivity index is 1.64. The van der Waals surface area contributed by atoms with Gasteiger partial charge in [-0.25, -0.2) is 8.42 Å². The molecular formula is C20H23ClN2O5S. The number of morpholine rings is 1. The highest BCUT2D eigenvalue weighted by molar-refractivity contribution is 7.89. The quantitative estimate of drug-likeness (QED) is 0.664. The number of sulfonamides is 1. The summed E-state index contributed by atoms with van der Waals surface area (Å²) >= 11 is 6.05. The highest BCUT2D eigenvalue weighted by atomic mass is 35.5. The molecule has 3 rings (SSSR count). The van der Waals surface area contributed by atoms with Crippen molar-refractivity contribution in [1.29, 1.82) is 0 Å². The minimum Gasteiger partial charge on any atom is -0.490 e. The van der Waals surface area contributed by atoms with Crippen molar-refractivity contribution in [2.24, 2.45) is 0 Å². The maximum Gasteiger partial charge on any atom is 0.253 e. The van der Waals surface area contributed by atoms with Gasteiger partial charge in [-0.3, -0.25) is 4.79 Å². The molecule has 2 aromatic rings. The lowest BCUT2D eigenvalue weighted by molar-refractivity contribution is 0.0730. The van der Waals surface area contributed by atoms with Gasteiger partial charge in [-0.15, -0.1) is 0 Å². The van der Waals surface area contributed by atoms with Gasteiger partial charge >= 0.3 is 0 Å². The fourth-order valence-electron chi connectivity index (χ4n) is 2.90. The van der Waals surface area contributed by atoms with Gasteiger partial charge in [0.2, 0.25) is 10.0 Å². The summed E-state index contributed by atoms with van der Waals surface area (Å²) in [6.45, 7) is 1.93. The molecule has 1 heterocycles. The molecule has 0 aromatic heterocycles. The van der Waals surface area contributed by atoms with Crippen LogP contribution in [-0.2, 0) is 14.8 Å². The molecule has 2 aromatic carbocycles. The van der Waals surface area contributed by atoms with Crippen LogP contribution in [0.4, 0.5) is 0 Å². The number of carbonyl (C=O) groups is 1. The number of carbonyl (C=O) groups excluding carboxylic acids is 1. The summed E-state index contributed by atoms with van der Waals surface area (Å²) in [5, 5.41) is 0.502. The molecule has 0 saturated carbocycles. The van der Waals surface area contributed by atoms with Crippen molar-refractivity contribution in [1.82, 2.24) is 9.21 Å². The smallest absolute Gasteiger partial charge is 0.253 e. The van der Waals surface area contributed by atoms with Crippen LogP contribution in [-0.4, -0.2) is 70.0 Å². The van der Waals surface area contributed by atoms with E-state index in [0.717, 1.165) is 0 Å². The fourth-order valence-corrected chi connectivity index (χ4v) is 4.55. The molecule has 0 bridgehead atoms. The summed E-state index contributed by atoms with van der Waals surface area (Å²) in [5.74, 6) is 0.264. The van der Waals surface area contributed by atoms with Crippen LogP contribution in [0.5, 0.6) is 5.75 Å². The Labute approximate surface area is 175 Å². The largest absolute Gasteiger partial charge is 0.490 e. The molecule has 1 aliphatic heterocycles. The highest BCUT2D eigenvalue weighted by Gasteiger charge is 2.27. The average Bonchev–Trinajstić information content (AvgIpc) is 2.75. The van der Waals surface area contributed by atoms with Gasteiger partial charge in [-0.1, -0.05) is 29.8 Å². The van der Waals surface area contributed by atoms with E-state index in [2.05, 4.69) is 0 Å². The number of hydrogen-bond donors (Lipinski definition) is 0. The Morgan fingerprint density at radius 2 is 1.90 bits per heavy atom. The number of hydrogen-bond acceptors (Lipinski definition) is 5. The summed E-state index contributed by atoms with van der Waals surface area (Å²) in [7, 11) is -2.02. The molecule has 1 fully saturated rings. The molecule has 1 saturated heterocycles. The van der Waals surface area contributed by atoms with Gasteiger partial charge in [-0.05, 0) is 30.3 Å². The number of rotatable bonds is 7. The number of nitrogens with zero attached hydrogens (tertiary/aromatic N) is 2. The number of ether oxygens (including phenoxy) is 2. The summed E-state index contributed by atoms with van der Waals surface area (Å²) in [5.41, 5.74) is 0.305. The number of para-hydroxylation sites is 1. The monoisotopic (exact) mass is 438 g/mol. The SMILES string of the molecule is CN(CCOc1ccccc1Cl)C(=O)c1cccc(S(=O)(=O)N2CCOCC2)c1. The van der Waals surface area contributed by atoms with Crippen LogP contribution < -0.4 is 4.74 Å². The van der Waals surface area contributed by atoms with Crippen LogP contribution in [0.15, 0.2) is 53.4 Å². The third-order valence-corrected chi connectivity index (χ3v) is 6.76. The van der Waals surface area contributed by atoms with E-state index in [1.165, 1.54) is 21.3 Å². The van der Waals surface area contributed by atoms with Gasteiger partial charge in [-0.2, -0.15) is 4.31 Å². The molecule has 7 nitrogen and oxygen atoms in total. The molecule has 9 heteroatoms. The first-order valence-electron chi connectivity index (χ1n) is 9.20. The van der Waals surface area contributed by atoms with Gasteiger partial charge in [0, 0.05) is 25.7 Å². The van der Waals surface area contributed by atoms with E-state index < -0.39 is 10.0 Å². The fraction of sp³-hybridized carbons (Fsp3) is 0.350. The molecular weight excluding hydrogens is 416 g/mol. The first-order valence-corrected chi connectivity index (χ1v) is 11.0. The second-order valence-corrected chi connectivity index (χ2v) is 8.90. The van der Waals surface area contributed by atoms with Crippen molar-refractivity contribution in [2.45, 2.75) is 4.90 Å². The lowest BCUT2D eigenvalue weighted by Crippen LogP contribution is -2.40.